The number of aryl methyl sites for hydroxylation is 1. The minimum atomic E-state index is -0.289. The molecule has 0 unspecified atom stereocenters. The van der Waals surface area contributed by atoms with Gasteiger partial charge in [0.1, 0.15) is 17.7 Å². The first-order valence-electron chi connectivity index (χ1n) is 5.20. The van der Waals surface area contributed by atoms with Crippen molar-refractivity contribution in [1.29, 1.82) is 5.26 Å². The highest BCUT2D eigenvalue weighted by atomic mass is 127. The summed E-state index contributed by atoms with van der Waals surface area (Å²) in [5, 5.41) is 12.1. The fraction of sp³-hybridized carbons (Fsp3) is 0.0769. The molecule has 1 N–H and O–H groups in total. The normalized spacial score (nSPS) is 9.89. The smallest absolute Gasteiger partial charge is 0.148 e. The second-order valence-electron chi connectivity index (χ2n) is 3.71. The molecular weight excluding hydrogens is 344 g/mol. The quantitative estimate of drug-likeness (QED) is 0.837. The Morgan fingerprint density at radius 3 is 2.78 bits per heavy atom. The number of aromatic nitrogens is 1. The highest BCUT2D eigenvalue weighted by molar-refractivity contribution is 14.1. The number of hydrogen-bond acceptors (Lipinski definition) is 3. The summed E-state index contributed by atoms with van der Waals surface area (Å²) in [4.78, 5) is 4.27. The van der Waals surface area contributed by atoms with E-state index in [4.69, 9.17) is 5.26 Å². The van der Waals surface area contributed by atoms with Gasteiger partial charge in [0.25, 0.3) is 0 Å². The molecule has 3 nitrogen and oxygen atoms in total. The molecule has 18 heavy (non-hydrogen) atoms. The van der Waals surface area contributed by atoms with Crippen LogP contribution < -0.4 is 5.32 Å². The van der Waals surface area contributed by atoms with Gasteiger partial charge in [0.2, 0.25) is 0 Å². The van der Waals surface area contributed by atoms with Crippen LogP contribution in [0.1, 0.15) is 11.3 Å². The van der Waals surface area contributed by atoms with E-state index in [9.17, 15) is 4.39 Å². The van der Waals surface area contributed by atoms with Gasteiger partial charge in [-0.2, -0.15) is 5.26 Å². The topological polar surface area (TPSA) is 48.7 Å². The highest BCUT2D eigenvalue weighted by Crippen LogP contribution is 2.24. The third kappa shape index (κ3) is 2.76. The lowest BCUT2D eigenvalue weighted by Crippen LogP contribution is -2.00. The molecule has 1 aromatic carbocycles. The van der Waals surface area contributed by atoms with E-state index in [-0.39, 0.29) is 5.82 Å². The molecule has 1 aromatic heterocycles. The summed E-state index contributed by atoms with van der Waals surface area (Å²) in [6.45, 7) is 1.85. The molecule has 0 aliphatic heterocycles. The molecule has 0 aliphatic carbocycles. The Bertz CT molecular complexity index is 635. The SMILES string of the molecule is Cc1ccc(C#N)c(Nc2ccc(F)cc2I)n1. The van der Waals surface area contributed by atoms with E-state index in [1.54, 1.807) is 18.2 Å². The van der Waals surface area contributed by atoms with Crippen molar-refractivity contribution >= 4 is 34.1 Å². The molecule has 0 fully saturated rings. The Morgan fingerprint density at radius 2 is 2.11 bits per heavy atom. The standard InChI is InChI=1S/C13H9FIN3/c1-8-2-3-9(7-16)13(17-8)18-12-5-4-10(14)6-11(12)15/h2-6H,1H3,(H,17,18). The summed E-state index contributed by atoms with van der Waals surface area (Å²) in [6.07, 6.45) is 0. The van der Waals surface area contributed by atoms with Crippen molar-refractivity contribution in [2.24, 2.45) is 0 Å². The first-order valence-corrected chi connectivity index (χ1v) is 6.28. The number of nitriles is 1. The summed E-state index contributed by atoms with van der Waals surface area (Å²) in [6, 6.07) is 9.97. The van der Waals surface area contributed by atoms with Crippen molar-refractivity contribution < 1.29 is 4.39 Å². The summed E-state index contributed by atoms with van der Waals surface area (Å²) < 4.78 is 13.7. The maximum atomic E-state index is 13.0. The number of anilines is 2. The van der Waals surface area contributed by atoms with E-state index in [1.807, 2.05) is 29.5 Å². The molecule has 1 heterocycles. The van der Waals surface area contributed by atoms with Crippen molar-refractivity contribution in [2.45, 2.75) is 6.92 Å². The van der Waals surface area contributed by atoms with E-state index < -0.39 is 0 Å². The molecule has 0 atom stereocenters. The van der Waals surface area contributed by atoms with E-state index in [0.29, 0.717) is 11.4 Å². The summed E-state index contributed by atoms with van der Waals surface area (Å²) in [5.41, 5.74) is 2.00. The van der Waals surface area contributed by atoms with Gasteiger partial charge in [-0.3, -0.25) is 0 Å². The van der Waals surface area contributed by atoms with E-state index in [1.165, 1.54) is 12.1 Å². The first-order chi connectivity index (χ1) is 8.60. The largest absolute Gasteiger partial charge is 0.338 e. The third-order valence-corrected chi connectivity index (χ3v) is 3.23. The van der Waals surface area contributed by atoms with Crippen molar-refractivity contribution in [1.82, 2.24) is 4.98 Å². The fourth-order valence-electron chi connectivity index (χ4n) is 1.46. The number of rotatable bonds is 2. The van der Waals surface area contributed by atoms with Crippen LogP contribution in [0.25, 0.3) is 0 Å². The average Bonchev–Trinajstić information content (AvgIpc) is 2.33. The maximum absolute atomic E-state index is 13.0. The molecule has 2 aromatic rings. The van der Waals surface area contributed by atoms with Crippen LogP contribution in [0.3, 0.4) is 0 Å². The van der Waals surface area contributed by atoms with Crippen molar-refractivity contribution in [3.8, 4) is 6.07 Å². The van der Waals surface area contributed by atoms with Gasteiger partial charge >= 0.3 is 0 Å². The Labute approximate surface area is 118 Å². The van der Waals surface area contributed by atoms with E-state index >= 15 is 0 Å². The minimum absolute atomic E-state index is 0.289. The number of nitrogens with zero attached hydrogens (tertiary/aromatic N) is 2. The lowest BCUT2D eigenvalue weighted by atomic mass is 10.2. The fourth-order valence-corrected chi connectivity index (χ4v) is 2.07. The lowest BCUT2D eigenvalue weighted by molar-refractivity contribution is 0.627. The molecule has 90 valence electrons. The van der Waals surface area contributed by atoms with Crippen LogP contribution in [0, 0.1) is 27.6 Å². The van der Waals surface area contributed by atoms with Crippen molar-refractivity contribution in [3.63, 3.8) is 0 Å². The summed E-state index contributed by atoms with van der Waals surface area (Å²) in [5.74, 6) is 0.199. The van der Waals surface area contributed by atoms with Crippen LogP contribution in [0.2, 0.25) is 0 Å². The van der Waals surface area contributed by atoms with Crippen LogP contribution in [0.4, 0.5) is 15.9 Å². The first kappa shape index (κ1) is 12.8. The van der Waals surface area contributed by atoms with Crippen LogP contribution in [-0.4, -0.2) is 4.98 Å². The van der Waals surface area contributed by atoms with Crippen LogP contribution in [0.5, 0.6) is 0 Å². The zero-order valence-electron chi connectivity index (χ0n) is 9.54. The average molecular weight is 353 g/mol. The monoisotopic (exact) mass is 353 g/mol. The molecule has 2 rings (SSSR count). The molecule has 0 spiro atoms. The Balaban J connectivity index is 2.40. The second-order valence-corrected chi connectivity index (χ2v) is 4.87. The lowest BCUT2D eigenvalue weighted by Gasteiger charge is -2.09. The van der Waals surface area contributed by atoms with Gasteiger partial charge in [-0.1, -0.05) is 0 Å². The molecule has 0 aliphatic rings. The van der Waals surface area contributed by atoms with E-state index in [0.717, 1.165) is 15.0 Å². The van der Waals surface area contributed by atoms with Crippen molar-refractivity contribution in [2.75, 3.05) is 5.32 Å². The predicted molar refractivity (Wildman–Crippen MR) is 76.1 cm³/mol. The highest BCUT2D eigenvalue weighted by Gasteiger charge is 2.07. The van der Waals surface area contributed by atoms with Crippen LogP contribution in [-0.2, 0) is 0 Å². The summed E-state index contributed by atoms with van der Waals surface area (Å²) >= 11 is 2.03. The Hall–Kier alpha value is -1.68. The zero-order valence-corrected chi connectivity index (χ0v) is 11.7. The number of halogens is 2. The second kappa shape index (κ2) is 5.31. The number of nitrogens with one attached hydrogen (secondary N) is 1. The minimum Gasteiger partial charge on any atom is -0.338 e. The number of hydrogen-bond donors (Lipinski definition) is 1. The zero-order chi connectivity index (χ0) is 13.1. The maximum Gasteiger partial charge on any atom is 0.148 e. The van der Waals surface area contributed by atoms with Crippen molar-refractivity contribution in [3.05, 3.63) is 51.0 Å². The molecule has 0 amide bonds. The molecule has 0 radical (unpaired) electrons. The molecule has 5 heteroatoms. The number of benzene rings is 1. The summed E-state index contributed by atoms with van der Waals surface area (Å²) in [7, 11) is 0. The predicted octanol–water partition coefficient (Wildman–Crippen LogP) is 3.75. The third-order valence-electron chi connectivity index (χ3n) is 2.34. The van der Waals surface area contributed by atoms with Gasteiger partial charge in [-0.25, -0.2) is 9.37 Å². The molecule has 0 bridgehead atoms. The van der Waals surface area contributed by atoms with Gasteiger partial charge < -0.3 is 5.32 Å². The van der Waals surface area contributed by atoms with Crippen LogP contribution in [0.15, 0.2) is 30.3 Å². The molecule has 0 saturated carbocycles. The van der Waals surface area contributed by atoms with Gasteiger partial charge in [-0.05, 0) is 59.8 Å². The van der Waals surface area contributed by atoms with Gasteiger partial charge in [0, 0.05) is 9.26 Å². The number of pyridine rings is 1. The Morgan fingerprint density at radius 1 is 1.33 bits per heavy atom. The molecular formula is C13H9FIN3. The van der Waals surface area contributed by atoms with Gasteiger partial charge in [-0.15, -0.1) is 0 Å². The van der Waals surface area contributed by atoms with Crippen LogP contribution >= 0.6 is 22.6 Å². The Kier molecular flexibility index (Phi) is 3.77. The van der Waals surface area contributed by atoms with Gasteiger partial charge in [0.15, 0.2) is 0 Å². The molecule has 0 saturated heterocycles. The van der Waals surface area contributed by atoms with Gasteiger partial charge in [0.05, 0.1) is 11.3 Å². The van der Waals surface area contributed by atoms with E-state index in [2.05, 4.69) is 16.4 Å².